The Labute approximate surface area is 129 Å². The van der Waals surface area contributed by atoms with E-state index >= 15 is 0 Å². The zero-order chi connectivity index (χ0) is 15.7. The van der Waals surface area contributed by atoms with Gasteiger partial charge in [0, 0.05) is 19.8 Å². The number of nitrogens with two attached hydrogens (primary N) is 1. The summed E-state index contributed by atoms with van der Waals surface area (Å²) in [5, 5.41) is 3.21. The highest BCUT2D eigenvalue weighted by Crippen LogP contribution is 2.17. The van der Waals surface area contributed by atoms with Crippen LogP contribution in [0.2, 0.25) is 0 Å². The number of primary amides is 1. The number of ether oxygens (including phenoxy) is 1. The largest absolute Gasteiger partial charge is 0.381 e. The molecule has 0 bridgehead atoms. The van der Waals surface area contributed by atoms with Gasteiger partial charge < -0.3 is 20.7 Å². The van der Waals surface area contributed by atoms with E-state index in [2.05, 4.69) is 17.3 Å². The number of carbonyl (C=O) groups excluding carboxylic acids is 1. The van der Waals surface area contributed by atoms with Crippen LogP contribution in [0.1, 0.15) is 46.0 Å². The molecular formula is C16H33N3O2. The number of nitrogens with zero attached hydrogens (tertiary/aromatic N) is 1. The van der Waals surface area contributed by atoms with Crippen molar-refractivity contribution in [3.63, 3.8) is 0 Å². The van der Waals surface area contributed by atoms with E-state index in [0.717, 1.165) is 58.0 Å². The molecule has 0 spiro atoms. The molecular weight excluding hydrogens is 266 g/mol. The summed E-state index contributed by atoms with van der Waals surface area (Å²) < 4.78 is 5.39. The van der Waals surface area contributed by atoms with Crippen LogP contribution in [0.5, 0.6) is 0 Å². The number of hydrogen-bond donors (Lipinski definition) is 2. The van der Waals surface area contributed by atoms with Crippen molar-refractivity contribution in [3.05, 3.63) is 0 Å². The Morgan fingerprint density at radius 2 is 2.05 bits per heavy atom. The van der Waals surface area contributed by atoms with E-state index in [9.17, 15) is 4.79 Å². The molecule has 124 valence electrons. The Morgan fingerprint density at radius 3 is 2.62 bits per heavy atom. The number of unbranched alkanes of at least 4 members (excludes halogenated alkanes) is 1. The molecule has 0 saturated carbocycles. The minimum absolute atomic E-state index is 0.250. The van der Waals surface area contributed by atoms with Crippen LogP contribution in [-0.2, 0) is 9.53 Å². The maximum Gasteiger partial charge on any atom is 0.237 e. The summed E-state index contributed by atoms with van der Waals surface area (Å²) in [6.07, 6.45) is 5.30. The van der Waals surface area contributed by atoms with Crippen LogP contribution in [0.3, 0.4) is 0 Å². The number of nitrogens with one attached hydrogen (secondary N) is 1. The van der Waals surface area contributed by atoms with Crippen molar-refractivity contribution in [2.75, 3.05) is 39.9 Å². The molecule has 21 heavy (non-hydrogen) atoms. The molecule has 1 rings (SSSR count). The summed E-state index contributed by atoms with van der Waals surface area (Å²) in [6, 6.07) is 0. The van der Waals surface area contributed by atoms with Crippen LogP contribution in [-0.4, -0.2) is 56.2 Å². The number of carbonyl (C=O) groups is 1. The molecule has 1 heterocycles. The maximum absolute atomic E-state index is 11.5. The number of amides is 1. The first-order valence-electron chi connectivity index (χ1n) is 8.29. The van der Waals surface area contributed by atoms with Crippen LogP contribution in [0.25, 0.3) is 0 Å². The summed E-state index contributed by atoms with van der Waals surface area (Å²) in [5.74, 6) is 0.529. The third kappa shape index (κ3) is 6.76. The standard InChI is InChI=1S/C16H33N3O2/c1-4-18-16(2,15(17)20)9-5-6-10-19(3)13-14-7-11-21-12-8-14/h14,18H,4-13H2,1-3H3,(H2,17,20). The molecule has 0 aliphatic carbocycles. The Kier molecular flexibility index (Phi) is 8.22. The third-order valence-corrected chi connectivity index (χ3v) is 4.49. The van der Waals surface area contributed by atoms with E-state index in [1.807, 2.05) is 13.8 Å². The predicted molar refractivity (Wildman–Crippen MR) is 86.2 cm³/mol. The van der Waals surface area contributed by atoms with Crippen LogP contribution in [0.4, 0.5) is 0 Å². The topological polar surface area (TPSA) is 67.6 Å². The van der Waals surface area contributed by atoms with E-state index in [-0.39, 0.29) is 5.91 Å². The molecule has 1 saturated heterocycles. The maximum atomic E-state index is 11.5. The first-order valence-corrected chi connectivity index (χ1v) is 8.29. The van der Waals surface area contributed by atoms with Gasteiger partial charge in [0.05, 0.1) is 5.54 Å². The van der Waals surface area contributed by atoms with Gasteiger partial charge in [0.1, 0.15) is 0 Å². The lowest BCUT2D eigenvalue weighted by Gasteiger charge is -2.28. The van der Waals surface area contributed by atoms with E-state index < -0.39 is 5.54 Å². The van der Waals surface area contributed by atoms with Gasteiger partial charge in [-0.2, -0.15) is 0 Å². The second-order valence-electron chi connectivity index (χ2n) is 6.50. The minimum atomic E-state index is -0.561. The van der Waals surface area contributed by atoms with Crippen molar-refractivity contribution in [1.82, 2.24) is 10.2 Å². The Hall–Kier alpha value is -0.650. The van der Waals surface area contributed by atoms with Gasteiger partial charge in [-0.25, -0.2) is 0 Å². The normalized spacial score (nSPS) is 19.6. The lowest BCUT2D eigenvalue weighted by molar-refractivity contribution is -0.124. The van der Waals surface area contributed by atoms with Gasteiger partial charge in [0.2, 0.25) is 5.91 Å². The van der Waals surface area contributed by atoms with Gasteiger partial charge in [-0.1, -0.05) is 6.92 Å². The van der Waals surface area contributed by atoms with Crippen molar-refractivity contribution >= 4 is 5.91 Å². The quantitative estimate of drug-likeness (QED) is 0.598. The molecule has 1 fully saturated rings. The fraction of sp³-hybridized carbons (Fsp3) is 0.938. The van der Waals surface area contributed by atoms with Gasteiger partial charge in [-0.3, -0.25) is 4.79 Å². The summed E-state index contributed by atoms with van der Waals surface area (Å²) in [7, 11) is 2.19. The Morgan fingerprint density at radius 1 is 1.38 bits per heavy atom. The van der Waals surface area contributed by atoms with Crippen LogP contribution < -0.4 is 11.1 Å². The van der Waals surface area contributed by atoms with Crippen molar-refractivity contribution < 1.29 is 9.53 Å². The summed E-state index contributed by atoms with van der Waals surface area (Å²) >= 11 is 0. The average molecular weight is 299 g/mol. The number of hydrogen-bond acceptors (Lipinski definition) is 4. The molecule has 1 unspecified atom stereocenters. The summed E-state index contributed by atoms with van der Waals surface area (Å²) in [6.45, 7) is 8.74. The highest BCUT2D eigenvalue weighted by atomic mass is 16.5. The van der Waals surface area contributed by atoms with Crippen molar-refractivity contribution in [2.45, 2.75) is 51.5 Å². The van der Waals surface area contributed by atoms with Crippen molar-refractivity contribution in [1.29, 1.82) is 0 Å². The summed E-state index contributed by atoms with van der Waals surface area (Å²) in [5.41, 5.74) is 4.94. The molecule has 1 amide bonds. The molecule has 0 radical (unpaired) electrons. The van der Waals surface area contributed by atoms with E-state index in [4.69, 9.17) is 10.5 Å². The van der Waals surface area contributed by atoms with Crippen molar-refractivity contribution in [2.24, 2.45) is 11.7 Å². The SMILES string of the molecule is CCNC(C)(CCCCN(C)CC1CCOCC1)C(N)=O. The van der Waals surface area contributed by atoms with E-state index in [1.54, 1.807) is 0 Å². The second kappa shape index (κ2) is 9.38. The fourth-order valence-corrected chi connectivity index (χ4v) is 3.01. The van der Waals surface area contributed by atoms with Crippen LogP contribution in [0.15, 0.2) is 0 Å². The van der Waals surface area contributed by atoms with Gasteiger partial charge in [-0.15, -0.1) is 0 Å². The van der Waals surface area contributed by atoms with Gasteiger partial charge in [0.15, 0.2) is 0 Å². The molecule has 1 atom stereocenters. The molecule has 0 aromatic carbocycles. The predicted octanol–water partition coefficient (Wildman–Crippen LogP) is 1.37. The van der Waals surface area contributed by atoms with Gasteiger partial charge in [-0.05, 0) is 65.1 Å². The molecule has 5 heteroatoms. The first-order chi connectivity index (χ1) is 9.98. The number of likely N-dealkylation sites (N-methyl/N-ethyl adjacent to an activating group) is 1. The fourth-order valence-electron chi connectivity index (χ4n) is 3.01. The minimum Gasteiger partial charge on any atom is -0.381 e. The van der Waals surface area contributed by atoms with Crippen molar-refractivity contribution in [3.8, 4) is 0 Å². The van der Waals surface area contributed by atoms with Gasteiger partial charge in [0.25, 0.3) is 0 Å². The lowest BCUT2D eigenvalue weighted by Crippen LogP contribution is -2.53. The zero-order valence-electron chi connectivity index (χ0n) is 14.0. The molecule has 5 nitrogen and oxygen atoms in total. The first kappa shape index (κ1) is 18.4. The molecule has 1 aliphatic rings. The lowest BCUT2D eigenvalue weighted by atomic mass is 9.93. The third-order valence-electron chi connectivity index (χ3n) is 4.49. The Bertz CT molecular complexity index is 306. The molecule has 3 N–H and O–H groups in total. The van der Waals surface area contributed by atoms with E-state index in [0.29, 0.717) is 0 Å². The molecule has 0 aromatic rings. The summed E-state index contributed by atoms with van der Waals surface area (Å²) in [4.78, 5) is 13.9. The second-order valence-corrected chi connectivity index (χ2v) is 6.50. The Balaban J connectivity index is 2.18. The highest BCUT2D eigenvalue weighted by molar-refractivity contribution is 5.84. The van der Waals surface area contributed by atoms with E-state index in [1.165, 1.54) is 12.8 Å². The number of rotatable bonds is 10. The van der Waals surface area contributed by atoms with Crippen LogP contribution in [0, 0.1) is 5.92 Å². The van der Waals surface area contributed by atoms with Crippen LogP contribution >= 0.6 is 0 Å². The molecule has 0 aromatic heterocycles. The monoisotopic (exact) mass is 299 g/mol. The molecule has 1 aliphatic heterocycles. The smallest absolute Gasteiger partial charge is 0.237 e. The zero-order valence-corrected chi connectivity index (χ0v) is 14.0. The highest BCUT2D eigenvalue weighted by Gasteiger charge is 2.28. The average Bonchev–Trinajstić information content (AvgIpc) is 2.45. The van der Waals surface area contributed by atoms with Gasteiger partial charge >= 0.3 is 0 Å².